The predicted molar refractivity (Wildman–Crippen MR) is 82.6 cm³/mol. The average Bonchev–Trinajstić information content (AvgIpc) is 2.53. The second kappa shape index (κ2) is 6.37. The highest BCUT2D eigenvalue weighted by Crippen LogP contribution is 2.25. The zero-order valence-electron chi connectivity index (χ0n) is 11.5. The Balaban J connectivity index is 1.67. The van der Waals surface area contributed by atoms with Crippen LogP contribution in [0.3, 0.4) is 0 Å². The molecular weight excluding hydrogens is 266 g/mol. The van der Waals surface area contributed by atoms with E-state index in [1.807, 2.05) is 12.3 Å². The molecule has 1 atom stereocenters. The number of hydrogen-bond acceptors (Lipinski definition) is 4. The summed E-state index contributed by atoms with van der Waals surface area (Å²) in [6.45, 7) is 0.769. The lowest BCUT2D eigenvalue weighted by molar-refractivity contribution is 0.460. The molecule has 0 saturated heterocycles. The highest BCUT2D eigenvalue weighted by atomic mass is 32.2. The molecule has 1 aromatic heterocycles. The molecule has 1 aliphatic carbocycles. The van der Waals surface area contributed by atoms with Crippen LogP contribution in [0.2, 0.25) is 0 Å². The predicted octanol–water partition coefficient (Wildman–Crippen LogP) is 2.83. The van der Waals surface area contributed by atoms with Crippen molar-refractivity contribution < 1.29 is 0 Å². The smallest absolute Gasteiger partial charge is 0.138 e. The van der Waals surface area contributed by atoms with Crippen LogP contribution in [-0.4, -0.2) is 16.5 Å². The van der Waals surface area contributed by atoms with Gasteiger partial charge in [0.05, 0.1) is 5.75 Å². The van der Waals surface area contributed by atoms with Gasteiger partial charge in [0.25, 0.3) is 0 Å². The molecule has 4 heteroatoms. The maximum atomic E-state index is 5.76. The first-order valence-electron chi connectivity index (χ1n) is 7.06. The minimum atomic E-state index is 0.607. The molecule has 0 aliphatic heterocycles. The van der Waals surface area contributed by atoms with Gasteiger partial charge in [-0.25, -0.2) is 9.97 Å². The molecule has 1 unspecified atom stereocenters. The largest absolute Gasteiger partial charge is 0.330 e. The van der Waals surface area contributed by atoms with Crippen molar-refractivity contribution in [2.75, 3.05) is 6.54 Å². The summed E-state index contributed by atoms with van der Waals surface area (Å²) < 4.78 is 0. The van der Waals surface area contributed by atoms with Crippen LogP contribution in [0.5, 0.6) is 0 Å². The SMILES string of the molecule is NCC1CCc2nc(CSc3ccccc3)ncc2C1. The number of rotatable bonds is 4. The van der Waals surface area contributed by atoms with E-state index in [2.05, 4.69) is 29.2 Å². The summed E-state index contributed by atoms with van der Waals surface area (Å²) in [4.78, 5) is 10.5. The van der Waals surface area contributed by atoms with E-state index in [0.717, 1.165) is 37.4 Å². The van der Waals surface area contributed by atoms with Crippen molar-refractivity contribution in [3.8, 4) is 0 Å². The van der Waals surface area contributed by atoms with Crippen molar-refractivity contribution in [3.05, 3.63) is 53.6 Å². The van der Waals surface area contributed by atoms with E-state index >= 15 is 0 Å². The van der Waals surface area contributed by atoms with E-state index in [0.29, 0.717) is 5.92 Å². The number of nitrogens with zero attached hydrogens (tertiary/aromatic N) is 2. The number of aryl methyl sites for hydroxylation is 1. The van der Waals surface area contributed by atoms with Crippen LogP contribution in [0.1, 0.15) is 23.5 Å². The first-order valence-corrected chi connectivity index (χ1v) is 8.05. The first-order chi connectivity index (χ1) is 9.85. The molecule has 0 bridgehead atoms. The van der Waals surface area contributed by atoms with E-state index in [9.17, 15) is 0 Å². The third kappa shape index (κ3) is 3.19. The van der Waals surface area contributed by atoms with Crippen molar-refractivity contribution >= 4 is 11.8 Å². The van der Waals surface area contributed by atoms with Gasteiger partial charge in [-0.1, -0.05) is 18.2 Å². The Hall–Kier alpha value is -1.39. The average molecular weight is 285 g/mol. The van der Waals surface area contributed by atoms with Gasteiger partial charge in [-0.3, -0.25) is 0 Å². The molecule has 0 amide bonds. The summed E-state index contributed by atoms with van der Waals surface area (Å²) in [5, 5.41) is 0. The Labute approximate surface area is 124 Å². The highest BCUT2D eigenvalue weighted by molar-refractivity contribution is 7.98. The third-order valence-corrected chi connectivity index (χ3v) is 4.75. The molecule has 3 rings (SSSR count). The standard InChI is InChI=1S/C16H19N3S/c17-9-12-6-7-15-13(8-12)10-18-16(19-15)11-20-14-4-2-1-3-5-14/h1-5,10,12H,6-9,11,17H2. The molecule has 20 heavy (non-hydrogen) atoms. The summed E-state index contributed by atoms with van der Waals surface area (Å²) in [6.07, 6.45) is 5.25. The Bertz CT molecular complexity index is 571. The maximum absolute atomic E-state index is 5.76. The Morgan fingerprint density at radius 3 is 2.90 bits per heavy atom. The summed E-state index contributed by atoms with van der Waals surface area (Å²) in [5.41, 5.74) is 8.28. The van der Waals surface area contributed by atoms with Gasteiger partial charge in [0.15, 0.2) is 0 Å². The topological polar surface area (TPSA) is 51.8 Å². The molecule has 3 nitrogen and oxygen atoms in total. The van der Waals surface area contributed by atoms with E-state index < -0.39 is 0 Å². The molecule has 0 radical (unpaired) electrons. The fourth-order valence-corrected chi connectivity index (χ4v) is 3.34. The zero-order chi connectivity index (χ0) is 13.8. The summed E-state index contributed by atoms with van der Waals surface area (Å²) in [5.74, 6) is 2.37. The summed E-state index contributed by atoms with van der Waals surface area (Å²) in [7, 11) is 0. The highest BCUT2D eigenvalue weighted by Gasteiger charge is 2.19. The molecule has 2 N–H and O–H groups in total. The summed E-state index contributed by atoms with van der Waals surface area (Å²) >= 11 is 1.78. The van der Waals surface area contributed by atoms with Crippen LogP contribution in [0.25, 0.3) is 0 Å². The van der Waals surface area contributed by atoms with Crippen LogP contribution < -0.4 is 5.73 Å². The van der Waals surface area contributed by atoms with Gasteiger partial charge in [0.2, 0.25) is 0 Å². The fraction of sp³-hybridized carbons (Fsp3) is 0.375. The summed E-state index contributed by atoms with van der Waals surface area (Å²) in [6, 6.07) is 10.4. The Morgan fingerprint density at radius 1 is 1.25 bits per heavy atom. The molecule has 1 aliphatic rings. The van der Waals surface area contributed by atoms with Gasteiger partial charge in [-0.15, -0.1) is 11.8 Å². The van der Waals surface area contributed by atoms with Gasteiger partial charge in [0, 0.05) is 16.8 Å². The minimum Gasteiger partial charge on any atom is -0.330 e. The molecule has 0 saturated carbocycles. The molecule has 0 fully saturated rings. The molecule has 0 spiro atoms. The molecular formula is C16H19N3S. The lowest BCUT2D eigenvalue weighted by Crippen LogP contribution is -2.23. The first kappa shape index (κ1) is 13.6. The molecule has 104 valence electrons. The van der Waals surface area contributed by atoms with E-state index in [1.54, 1.807) is 11.8 Å². The van der Waals surface area contributed by atoms with Gasteiger partial charge in [-0.2, -0.15) is 0 Å². The second-order valence-corrected chi connectivity index (χ2v) is 6.25. The number of aromatic nitrogens is 2. The van der Waals surface area contributed by atoms with Crippen LogP contribution in [0.4, 0.5) is 0 Å². The third-order valence-electron chi connectivity index (χ3n) is 3.75. The monoisotopic (exact) mass is 285 g/mol. The normalized spacial score (nSPS) is 17.8. The fourth-order valence-electron chi connectivity index (χ4n) is 2.56. The maximum Gasteiger partial charge on any atom is 0.138 e. The van der Waals surface area contributed by atoms with E-state index in [4.69, 9.17) is 10.7 Å². The quantitative estimate of drug-likeness (QED) is 0.878. The molecule has 1 heterocycles. The van der Waals surface area contributed by atoms with Crippen LogP contribution in [0.15, 0.2) is 41.4 Å². The van der Waals surface area contributed by atoms with E-state index in [1.165, 1.54) is 16.2 Å². The van der Waals surface area contributed by atoms with Crippen LogP contribution in [0, 0.1) is 5.92 Å². The van der Waals surface area contributed by atoms with Crippen molar-refractivity contribution in [2.24, 2.45) is 11.7 Å². The van der Waals surface area contributed by atoms with Gasteiger partial charge >= 0.3 is 0 Å². The van der Waals surface area contributed by atoms with Crippen molar-refractivity contribution in [1.82, 2.24) is 9.97 Å². The second-order valence-electron chi connectivity index (χ2n) is 5.20. The van der Waals surface area contributed by atoms with Crippen molar-refractivity contribution in [2.45, 2.75) is 29.9 Å². The molecule has 1 aromatic carbocycles. The van der Waals surface area contributed by atoms with Crippen LogP contribution >= 0.6 is 11.8 Å². The number of fused-ring (bicyclic) bond motifs is 1. The zero-order valence-corrected chi connectivity index (χ0v) is 12.3. The van der Waals surface area contributed by atoms with Gasteiger partial charge in [-0.05, 0) is 49.4 Å². The number of thioether (sulfide) groups is 1. The molecule has 2 aromatic rings. The van der Waals surface area contributed by atoms with Crippen molar-refractivity contribution in [1.29, 1.82) is 0 Å². The number of nitrogens with two attached hydrogens (primary N) is 1. The van der Waals surface area contributed by atoms with Gasteiger partial charge < -0.3 is 5.73 Å². The minimum absolute atomic E-state index is 0.607. The Morgan fingerprint density at radius 2 is 2.10 bits per heavy atom. The number of benzene rings is 1. The number of hydrogen-bond donors (Lipinski definition) is 1. The lowest BCUT2D eigenvalue weighted by atomic mass is 9.87. The van der Waals surface area contributed by atoms with Crippen LogP contribution in [-0.2, 0) is 18.6 Å². The Kier molecular flexibility index (Phi) is 4.33. The lowest BCUT2D eigenvalue weighted by Gasteiger charge is -2.22. The van der Waals surface area contributed by atoms with Crippen molar-refractivity contribution in [3.63, 3.8) is 0 Å². The van der Waals surface area contributed by atoms with E-state index in [-0.39, 0.29) is 0 Å². The van der Waals surface area contributed by atoms with Gasteiger partial charge in [0.1, 0.15) is 5.82 Å².